The van der Waals surface area contributed by atoms with Gasteiger partial charge in [0.25, 0.3) is 5.91 Å². The van der Waals surface area contributed by atoms with Crippen molar-refractivity contribution < 1.29 is 18.4 Å². The molecule has 0 heterocycles. The predicted molar refractivity (Wildman–Crippen MR) is 92.8 cm³/mol. The van der Waals surface area contributed by atoms with Gasteiger partial charge in [-0.1, -0.05) is 11.6 Å². The molecule has 0 atom stereocenters. The molecule has 0 aliphatic heterocycles. The van der Waals surface area contributed by atoms with E-state index in [1.165, 1.54) is 35.2 Å². The molecule has 0 saturated heterocycles. The largest absolute Gasteiger partial charge is 0.351 e. The fourth-order valence-corrected chi connectivity index (χ4v) is 2.56. The van der Waals surface area contributed by atoms with Crippen LogP contribution in [0.1, 0.15) is 23.7 Å². The summed E-state index contributed by atoms with van der Waals surface area (Å²) in [6.45, 7) is 2.32. The standard InChI is InChI=1S/C18H17ClF2N2O2/c1-2-23(14-6-3-12(20)4-7-14)17(24)9-10-22-18(25)15-8-5-13(21)11-16(15)19/h3-8,11H,2,9-10H2,1H3,(H,22,25). The van der Waals surface area contributed by atoms with E-state index in [4.69, 9.17) is 11.6 Å². The molecule has 25 heavy (non-hydrogen) atoms. The number of carbonyl (C=O) groups excluding carboxylic acids is 2. The van der Waals surface area contributed by atoms with Crippen molar-refractivity contribution in [2.75, 3.05) is 18.0 Å². The van der Waals surface area contributed by atoms with E-state index in [0.29, 0.717) is 12.2 Å². The minimum atomic E-state index is -0.533. The highest BCUT2D eigenvalue weighted by Crippen LogP contribution is 2.17. The van der Waals surface area contributed by atoms with Crippen LogP contribution in [0.4, 0.5) is 14.5 Å². The van der Waals surface area contributed by atoms with Crippen LogP contribution in [0.25, 0.3) is 0 Å². The predicted octanol–water partition coefficient (Wildman–Crippen LogP) is 3.79. The molecular weight excluding hydrogens is 350 g/mol. The van der Waals surface area contributed by atoms with Gasteiger partial charge in [0, 0.05) is 25.2 Å². The minimum Gasteiger partial charge on any atom is -0.351 e. The Balaban J connectivity index is 1.92. The molecule has 132 valence electrons. The molecule has 0 saturated carbocycles. The first kappa shape index (κ1) is 18.9. The van der Waals surface area contributed by atoms with Crippen molar-refractivity contribution in [2.45, 2.75) is 13.3 Å². The molecule has 0 unspecified atom stereocenters. The molecule has 2 aromatic rings. The normalized spacial score (nSPS) is 10.4. The van der Waals surface area contributed by atoms with Gasteiger partial charge in [-0.3, -0.25) is 9.59 Å². The zero-order valence-electron chi connectivity index (χ0n) is 13.6. The van der Waals surface area contributed by atoms with Gasteiger partial charge in [0.2, 0.25) is 5.91 Å². The van der Waals surface area contributed by atoms with Gasteiger partial charge in [0.1, 0.15) is 11.6 Å². The Bertz CT molecular complexity index is 766. The molecule has 2 rings (SSSR count). The first-order chi connectivity index (χ1) is 11.9. The summed E-state index contributed by atoms with van der Waals surface area (Å²) in [6.07, 6.45) is 0.0652. The number of rotatable bonds is 6. The minimum absolute atomic E-state index is 0.00493. The van der Waals surface area contributed by atoms with Crippen LogP contribution in [0.5, 0.6) is 0 Å². The summed E-state index contributed by atoms with van der Waals surface area (Å²) >= 11 is 5.82. The molecular formula is C18H17ClF2N2O2. The number of nitrogens with one attached hydrogen (secondary N) is 1. The highest BCUT2D eigenvalue weighted by atomic mass is 35.5. The van der Waals surface area contributed by atoms with Crippen LogP contribution in [0.15, 0.2) is 42.5 Å². The van der Waals surface area contributed by atoms with Crippen LogP contribution in [-0.2, 0) is 4.79 Å². The number of amides is 2. The van der Waals surface area contributed by atoms with E-state index in [-0.39, 0.29) is 35.3 Å². The lowest BCUT2D eigenvalue weighted by Gasteiger charge is -2.21. The van der Waals surface area contributed by atoms with Crippen LogP contribution in [0, 0.1) is 11.6 Å². The lowest BCUT2D eigenvalue weighted by Crippen LogP contribution is -2.34. The third-order valence-electron chi connectivity index (χ3n) is 3.56. The third-order valence-corrected chi connectivity index (χ3v) is 3.87. The molecule has 1 N–H and O–H groups in total. The molecule has 2 amide bonds. The lowest BCUT2D eigenvalue weighted by molar-refractivity contribution is -0.118. The van der Waals surface area contributed by atoms with Crippen molar-refractivity contribution in [2.24, 2.45) is 0 Å². The van der Waals surface area contributed by atoms with Gasteiger partial charge in [-0.05, 0) is 49.4 Å². The smallest absolute Gasteiger partial charge is 0.252 e. The molecule has 7 heteroatoms. The highest BCUT2D eigenvalue weighted by molar-refractivity contribution is 6.33. The summed E-state index contributed by atoms with van der Waals surface area (Å²) in [4.78, 5) is 25.8. The molecule has 0 aromatic heterocycles. The SMILES string of the molecule is CCN(C(=O)CCNC(=O)c1ccc(F)cc1Cl)c1ccc(F)cc1. The lowest BCUT2D eigenvalue weighted by atomic mass is 10.2. The number of anilines is 1. The van der Waals surface area contributed by atoms with Gasteiger partial charge in [-0.25, -0.2) is 8.78 Å². The molecule has 0 spiro atoms. The maximum Gasteiger partial charge on any atom is 0.252 e. The molecule has 0 bridgehead atoms. The maximum absolute atomic E-state index is 13.0. The fourth-order valence-electron chi connectivity index (χ4n) is 2.31. The number of nitrogens with zero attached hydrogens (tertiary/aromatic N) is 1. The zero-order valence-corrected chi connectivity index (χ0v) is 14.3. The molecule has 0 radical (unpaired) electrons. The van der Waals surface area contributed by atoms with E-state index in [9.17, 15) is 18.4 Å². The Kier molecular flexibility index (Phi) is 6.47. The molecule has 0 fully saturated rings. The fraction of sp³-hybridized carbons (Fsp3) is 0.222. The number of hydrogen-bond acceptors (Lipinski definition) is 2. The summed E-state index contributed by atoms with van der Waals surface area (Å²) in [5, 5.41) is 2.58. The van der Waals surface area contributed by atoms with Crippen LogP contribution >= 0.6 is 11.6 Å². The number of carbonyl (C=O) groups is 2. The van der Waals surface area contributed by atoms with Crippen LogP contribution < -0.4 is 10.2 Å². The van der Waals surface area contributed by atoms with E-state index >= 15 is 0 Å². The van der Waals surface area contributed by atoms with Crippen molar-refractivity contribution in [1.82, 2.24) is 5.32 Å². The second-order valence-corrected chi connectivity index (χ2v) is 5.65. The first-order valence-corrected chi connectivity index (χ1v) is 8.09. The molecule has 0 aliphatic carbocycles. The van der Waals surface area contributed by atoms with E-state index in [0.717, 1.165) is 12.1 Å². The van der Waals surface area contributed by atoms with Gasteiger partial charge in [0.05, 0.1) is 10.6 Å². The molecule has 2 aromatic carbocycles. The van der Waals surface area contributed by atoms with Crippen molar-refractivity contribution in [3.05, 3.63) is 64.7 Å². The van der Waals surface area contributed by atoms with Gasteiger partial charge in [0.15, 0.2) is 0 Å². The maximum atomic E-state index is 13.0. The van der Waals surface area contributed by atoms with E-state index < -0.39 is 11.7 Å². The van der Waals surface area contributed by atoms with Gasteiger partial charge >= 0.3 is 0 Å². The van der Waals surface area contributed by atoms with E-state index in [2.05, 4.69) is 5.32 Å². The topological polar surface area (TPSA) is 49.4 Å². The van der Waals surface area contributed by atoms with Gasteiger partial charge in [-0.15, -0.1) is 0 Å². The molecule has 4 nitrogen and oxygen atoms in total. The zero-order chi connectivity index (χ0) is 18.4. The summed E-state index contributed by atoms with van der Waals surface area (Å²) in [7, 11) is 0. The van der Waals surface area contributed by atoms with Crippen molar-refractivity contribution >= 4 is 29.1 Å². The Morgan fingerprint density at radius 2 is 1.72 bits per heavy atom. The van der Waals surface area contributed by atoms with Crippen molar-refractivity contribution in [1.29, 1.82) is 0 Å². The number of benzene rings is 2. The summed E-state index contributed by atoms with van der Waals surface area (Å²) < 4.78 is 26.0. The quantitative estimate of drug-likeness (QED) is 0.845. The monoisotopic (exact) mass is 366 g/mol. The first-order valence-electron chi connectivity index (χ1n) is 7.71. The number of hydrogen-bond donors (Lipinski definition) is 1. The average molecular weight is 367 g/mol. The average Bonchev–Trinajstić information content (AvgIpc) is 2.57. The second-order valence-electron chi connectivity index (χ2n) is 5.24. The summed E-state index contributed by atoms with van der Waals surface area (Å²) in [5.74, 6) is -1.60. The van der Waals surface area contributed by atoms with Crippen molar-refractivity contribution in [3.8, 4) is 0 Å². The van der Waals surface area contributed by atoms with Crippen LogP contribution in [-0.4, -0.2) is 24.9 Å². The second kappa shape index (κ2) is 8.58. The third kappa shape index (κ3) is 5.00. The summed E-state index contributed by atoms with van der Waals surface area (Å²) in [5.41, 5.74) is 0.725. The highest BCUT2D eigenvalue weighted by Gasteiger charge is 2.15. The molecule has 0 aliphatic rings. The van der Waals surface area contributed by atoms with E-state index in [1.807, 2.05) is 0 Å². The van der Waals surface area contributed by atoms with Gasteiger partial charge < -0.3 is 10.2 Å². The summed E-state index contributed by atoms with van der Waals surface area (Å²) in [6, 6.07) is 9.08. The van der Waals surface area contributed by atoms with Gasteiger partial charge in [-0.2, -0.15) is 0 Å². The Labute approximate surface area is 149 Å². The Hall–Kier alpha value is -2.47. The van der Waals surface area contributed by atoms with Crippen LogP contribution in [0.3, 0.4) is 0 Å². The van der Waals surface area contributed by atoms with Crippen LogP contribution in [0.2, 0.25) is 5.02 Å². The Morgan fingerprint density at radius 1 is 1.08 bits per heavy atom. The van der Waals surface area contributed by atoms with Crippen molar-refractivity contribution in [3.63, 3.8) is 0 Å². The van der Waals surface area contributed by atoms with E-state index in [1.54, 1.807) is 6.92 Å². The number of halogens is 3. The Morgan fingerprint density at radius 3 is 2.32 bits per heavy atom.